The van der Waals surface area contributed by atoms with Crippen LogP contribution in [0.2, 0.25) is 0 Å². The van der Waals surface area contributed by atoms with Gasteiger partial charge in [0.1, 0.15) is 11.7 Å². The lowest BCUT2D eigenvalue weighted by Crippen LogP contribution is -2.13. The Hall–Kier alpha value is -1.84. The Bertz CT molecular complexity index is 574. The summed E-state index contributed by atoms with van der Waals surface area (Å²) in [6.07, 6.45) is 2.51. The molecule has 3 nitrogen and oxygen atoms in total. The van der Waals surface area contributed by atoms with E-state index in [1.807, 2.05) is 6.92 Å². The highest BCUT2D eigenvalue weighted by molar-refractivity contribution is 5.82. The van der Waals surface area contributed by atoms with E-state index in [2.05, 4.69) is 0 Å². The summed E-state index contributed by atoms with van der Waals surface area (Å²) in [6, 6.07) is 6.44. The van der Waals surface area contributed by atoms with E-state index in [0.717, 1.165) is 12.8 Å². The molecule has 2 aromatic rings. The van der Waals surface area contributed by atoms with Crippen molar-refractivity contribution in [2.75, 3.05) is 7.11 Å². The zero-order valence-corrected chi connectivity index (χ0v) is 11.1. The molecule has 0 saturated heterocycles. The van der Waals surface area contributed by atoms with Gasteiger partial charge < -0.3 is 9.15 Å². The molecule has 0 radical (unpaired) electrons. The summed E-state index contributed by atoms with van der Waals surface area (Å²) in [5.74, 6) is -0.743. The standard InChI is InChI=1S/C15H17FO3/c1-3-4-7-11(15(17)18-2)13-9-10-6-5-8-12(16)14(10)19-13/h5-6,8-9,11H,3-4,7H2,1-2H3. The van der Waals surface area contributed by atoms with Gasteiger partial charge in [-0.3, -0.25) is 4.79 Å². The molecule has 0 N–H and O–H groups in total. The monoisotopic (exact) mass is 264 g/mol. The fraction of sp³-hybridized carbons (Fsp3) is 0.400. The van der Waals surface area contributed by atoms with Crippen molar-refractivity contribution in [1.82, 2.24) is 0 Å². The highest BCUT2D eigenvalue weighted by Crippen LogP contribution is 2.30. The molecule has 4 heteroatoms. The molecule has 0 saturated carbocycles. The molecular formula is C15H17FO3. The minimum Gasteiger partial charge on any atom is -0.468 e. The molecule has 0 bridgehead atoms. The molecule has 1 unspecified atom stereocenters. The van der Waals surface area contributed by atoms with Gasteiger partial charge >= 0.3 is 5.97 Å². The van der Waals surface area contributed by atoms with Crippen molar-refractivity contribution < 1.29 is 18.3 Å². The van der Waals surface area contributed by atoms with Crippen LogP contribution in [-0.2, 0) is 9.53 Å². The maximum absolute atomic E-state index is 13.6. The lowest BCUT2D eigenvalue weighted by atomic mass is 9.99. The molecule has 19 heavy (non-hydrogen) atoms. The summed E-state index contributed by atoms with van der Waals surface area (Å²) in [7, 11) is 1.35. The highest BCUT2D eigenvalue weighted by Gasteiger charge is 2.25. The molecule has 1 heterocycles. The van der Waals surface area contributed by atoms with Crippen molar-refractivity contribution in [2.45, 2.75) is 32.1 Å². The van der Waals surface area contributed by atoms with Gasteiger partial charge in [-0.2, -0.15) is 0 Å². The van der Waals surface area contributed by atoms with E-state index < -0.39 is 11.7 Å². The Morgan fingerprint density at radius 3 is 2.89 bits per heavy atom. The smallest absolute Gasteiger partial charge is 0.316 e. The van der Waals surface area contributed by atoms with Crippen molar-refractivity contribution in [3.8, 4) is 0 Å². The Kier molecular flexibility index (Phi) is 4.20. The number of benzene rings is 1. The third kappa shape index (κ3) is 2.78. The Morgan fingerprint density at radius 1 is 1.47 bits per heavy atom. The van der Waals surface area contributed by atoms with Crippen molar-refractivity contribution >= 4 is 16.9 Å². The van der Waals surface area contributed by atoms with Crippen molar-refractivity contribution in [1.29, 1.82) is 0 Å². The SMILES string of the molecule is CCCCC(C(=O)OC)c1cc2cccc(F)c2o1. The van der Waals surface area contributed by atoms with E-state index in [9.17, 15) is 9.18 Å². The van der Waals surface area contributed by atoms with E-state index >= 15 is 0 Å². The second-order valence-electron chi connectivity index (χ2n) is 4.52. The fourth-order valence-electron chi connectivity index (χ4n) is 2.15. The van der Waals surface area contributed by atoms with Gasteiger partial charge in [0.2, 0.25) is 0 Å². The van der Waals surface area contributed by atoms with Crippen molar-refractivity contribution in [3.05, 3.63) is 35.8 Å². The van der Waals surface area contributed by atoms with Gasteiger partial charge in [0.05, 0.1) is 7.11 Å². The number of hydrogen-bond donors (Lipinski definition) is 0. The number of carbonyl (C=O) groups excluding carboxylic acids is 1. The predicted octanol–water partition coefficient (Wildman–Crippen LogP) is 4.02. The summed E-state index contributed by atoms with van der Waals surface area (Å²) in [5.41, 5.74) is 0.197. The highest BCUT2D eigenvalue weighted by atomic mass is 19.1. The summed E-state index contributed by atoms with van der Waals surface area (Å²) in [5, 5.41) is 0.667. The van der Waals surface area contributed by atoms with Crippen LogP contribution in [0.4, 0.5) is 4.39 Å². The number of halogens is 1. The van der Waals surface area contributed by atoms with Crippen LogP contribution in [-0.4, -0.2) is 13.1 Å². The number of para-hydroxylation sites is 1. The minimum absolute atomic E-state index is 0.197. The molecule has 2 rings (SSSR count). The molecule has 1 aromatic heterocycles. The van der Waals surface area contributed by atoms with Crippen LogP contribution in [0, 0.1) is 5.82 Å². The van der Waals surface area contributed by atoms with Gasteiger partial charge in [-0.25, -0.2) is 4.39 Å². The van der Waals surface area contributed by atoms with Gasteiger partial charge in [0, 0.05) is 5.39 Å². The first kappa shape index (κ1) is 13.6. The molecule has 0 fully saturated rings. The second-order valence-corrected chi connectivity index (χ2v) is 4.52. The van der Waals surface area contributed by atoms with Crippen LogP contribution < -0.4 is 0 Å². The third-order valence-electron chi connectivity index (χ3n) is 3.19. The first-order valence-corrected chi connectivity index (χ1v) is 6.43. The maximum Gasteiger partial charge on any atom is 0.316 e. The molecule has 0 amide bonds. The summed E-state index contributed by atoms with van der Waals surface area (Å²) >= 11 is 0. The topological polar surface area (TPSA) is 39.4 Å². The average molecular weight is 264 g/mol. The van der Waals surface area contributed by atoms with E-state index in [0.29, 0.717) is 17.6 Å². The molecule has 0 spiro atoms. The van der Waals surface area contributed by atoms with Crippen LogP contribution >= 0.6 is 0 Å². The van der Waals surface area contributed by atoms with Crippen LogP contribution in [0.1, 0.15) is 37.9 Å². The number of furan rings is 1. The second kappa shape index (κ2) is 5.87. The predicted molar refractivity (Wildman–Crippen MR) is 70.5 cm³/mol. The van der Waals surface area contributed by atoms with Gasteiger partial charge in [0.15, 0.2) is 11.4 Å². The number of unbranched alkanes of at least 4 members (excludes halogenated alkanes) is 1. The zero-order chi connectivity index (χ0) is 13.8. The lowest BCUT2D eigenvalue weighted by molar-refractivity contribution is -0.143. The molecular weight excluding hydrogens is 247 g/mol. The van der Waals surface area contributed by atoms with Crippen molar-refractivity contribution in [3.63, 3.8) is 0 Å². The Balaban J connectivity index is 2.38. The quantitative estimate of drug-likeness (QED) is 0.766. The fourth-order valence-corrected chi connectivity index (χ4v) is 2.15. The van der Waals surface area contributed by atoms with Gasteiger partial charge in [-0.15, -0.1) is 0 Å². The molecule has 102 valence electrons. The summed E-state index contributed by atoms with van der Waals surface area (Å²) in [4.78, 5) is 11.8. The Morgan fingerprint density at radius 2 is 2.26 bits per heavy atom. The number of carbonyl (C=O) groups is 1. The number of rotatable bonds is 5. The van der Waals surface area contributed by atoms with Crippen LogP contribution in [0.5, 0.6) is 0 Å². The first-order chi connectivity index (χ1) is 9.17. The minimum atomic E-state index is -0.461. The molecule has 1 aromatic carbocycles. The summed E-state index contributed by atoms with van der Waals surface area (Å²) in [6.45, 7) is 2.05. The van der Waals surface area contributed by atoms with Gasteiger partial charge in [-0.05, 0) is 18.6 Å². The number of ether oxygens (including phenoxy) is 1. The molecule has 0 aliphatic carbocycles. The van der Waals surface area contributed by atoms with Gasteiger partial charge in [-0.1, -0.05) is 31.9 Å². The van der Waals surface area contributed by atoms with Gasteiger partial charge in [0.25, 0.3) is 0 Å². The van der Waals surface area contributed by atoms with E-state index in [1.165, 1.54) is 13.2 Å². The van der Waals surface area contributed by atoms with E-state index in [4.69, 9.17) is 9.15 Å². The Labute approximate surface area is 111 Å². The molecule has 1 atom stereocenters. The number of hydrogen-bond acceptors (Lipinski definition) is 3. The van der Waals surface area contributed by atoms with E-state index in [1.54, 1.807) is 18.2 Å². The number of esters is 1. The van der Waals surface area contributed by atoms with Crippen molar-refractivity contribution in [2.24, 2.45) is 0 Å². The van der Waals surface area contributed by atoms with Crippen LogP contribution in [0.25, 0.3) is 11.0 Å². The third-order valence-corrected chi connectivity index (χ3v) is 3.19. The van der Waals surface area contributed by atoms with Crippen LogP contribution in [0.3, 0.4) is 0 Å². The zero-order valence-electron chi connectivity index (χ0n) is 11.1. The normalized spacial score (nSPS) is 12.6. The lowest BCUT2D eigenvalue weighted by Gasteiger charge is -2.11. The van der Waals surface area contributed by atoms with Crippen LogP contribution in [0.15, 0.2) is 28.7 Å². The average Bonchev–Trinajstić information content (AvgIpc) is 2.84. The number of methoxy groups -OCH3 is 1. The molecule has 0 aliphatic heterocycles. The van der Waals surface area contributed by atoms with E-state index in [-0.39, 0.29) is 11.6 Å². The first-order valence-electron chi connectivity index (χ1n) is 6.43. The molecule has 0 aliphatic rings. The summed E-state index contributed by atoms with van der Waals surface area (Å²) < 4.78 is 23.9. The number of fused-ring (bicyclic) bond motifs is 1. The maximum atomic E-state index is 13.6. The largest absolute Gasteiger partial charge is 0.468 e.